The number of nitrogens with zero attached hydrogens (tertiary/aromatic N) is 3. The number of hydrogen-bond acceptors (Lipinski definition) is 1. The van der Waals surface area contributed by atoms with E-state index < -0.39 is 7.21 Å². The number of aryl methyl sites for hydroxylation is 3. The fraction of sp³-hybridized carbons (Fsp3) is 0.400. The van der Waals surface area contributed by atoms with Gasteiger partial charge in [0.1, 0.15) is 0 Å². The summed E-state index contributed by atoms with van der Waals surface area (Å²) in [6, 6.07) is 22.8. The number of hydrogen-bond donors (Lipinski definition) is 0. The Bertz CT molecular complexity index is 1410. The SMILES string of the molecule is CCn1c2ccccc2c2cc([P@@](=Nc3ccc(C)cc3C)(N3CCCC3)C(C)(C)C)ccc21. The third kappa shape index (κ3) is 3.65. The zero-order valence-corrected chi connectivity index (χ0v) is 22.5. The molecule has 1 saturated heterocycles. The zero-order valence-electron chi connectivity index (χ0n) is 21.6. The van der Waals surface area contributed by atoms with Gasteiger partial charge in [-0.05, 0) is 69.5 Å². The zero-order chi connectivity index (χ0) is 24.1. The molecule has 1 aliphatic heterocycles. The average Bonchev–Trinajstić information content (AvgIpc) is 3.44. The fourth-order valence-corrected chi connectivity index (χ4v) is 10.4. The molecule has 3 aromatic carbocycles. The highest BCUT2D eigenvalue weighted by atomic mass is 31.2. The molecule has 1 atom stereocenters. The van der Waals surface area contributed by atoms with Crippen LogP contribution >= 0.6 is 7.21 Å². The second kappa shape index (κ2) is 8.70. The lowest BCUT2D eigenvalue weighted by Crippen LogP contribution is -2.35. The van der Waals surface area contributed by atoms with Gasteiger partial charge in [-0.3, -0.25) is 4.67 Å². The lowest BCUT2D eigenvalue weighted by molar-refractivity contribution is 0.538. The summed E-state index contributed by atoms with van der Waals surface area (Å²) in [5, 5.41) is 4.14. The molecule has 4 heteroatoms. The van der Waals surface area contributed by atoms with Crippen LogP contribution in [-0.4, -0.2) is 27.5 Å². The molecule has 3 nitrogen and oxygen atoms in total. The molecule has 34 heavy (non-hydrogen) atoms. The molecule has 0 radical (unpaired) electrons. The second-order valence-corrected chi connectivity index (χ2v) is 14.6. The van der Waals surface area contributed by atoms with Crippen molar-refractivity contribution in [3.63, 3.8) is 0 Å². The van der Waals surface area contributed by atoms with Gasteiger partial charge in [-0.2, -0.15) is 0 Å². The topological polar surface area (TPSA) is 20.5 Å². The smallest absolute Gasteiger partial charge is 0.0720 e. The standard InChI is InChI=1S/C30H38N3P/c1-7-33-28-13-9-8-12-25(28)26-21-24(15-17-29(26)33)34(30(4,5)6,32-18-10-11-19-32)31-27-16-14-22(2)20-23(27)3/h8-9,12-17,20-21H,7,10-11,18-19H2,1-6H3/t34-/m1/s1. The first-order valence-corrected chi connectivity index (χ1v) is 14.4. The molecule has 0 saturated carbocycles. The van der Waals surface area contributed by atoms with Crippen LogP contribution in [0.4, 0.5) is 5.69 Å². The maximum Gasteiger partial charge on any atom is 0.0720 e. The van der Waals surface area contributed by atoms with Crippen LogP contribution in [0, 0.1) is 13.8 Å². The molecule has 0 N–H and O–H groups in total. The molecule has 0 unspecified atom stereocenters. The molecule has 1 aromatic heterocycles. The van der Waals surface area contributed by atoms with Crippen LogP contribution in [0.1, 0.15) is 51.7 Å². The first-order chi connectivity index (χ1) is 16.3. The quantitative estimate of drug-likeness (QED) is 0.274. The number of para-hydroxylation sites is 1. The summed E-state index contributed by atoms with van der Waals surface area (Å²) in [7, 11) is -2.08. The molecule has 0 bridgehead atoms. The molecule has 0 amide bonds. The predicted molar refractivity (Wildman–Crippen MR) is 150 cm³/mol. The van der Waals surface area contributed by atoms with Crippen molar-refractivity contribution in [1.82, 2.24) is 9.24 Å². The van der Waals surface area contributed by atoms with E-state index in [2.05, 4.69) is 111 Å². The predicted octanol–water partition coefficient (Wildman–Crippen LogP) is 8.40. The van der Waals surface area contributed by atoms with Gasteiger partial charge in [0.15, 0.2) is 0 Å². The molecule has 1 aliphatic rings. The highest BCUT2D eigenvalue weighted by molar-refractivity contribution is 7.73. The Morgan fingerprint density at radius 2 is 1.56 bits per heavy atom. The number of fused-ring (bicyclic) bond motifs is 3. The molecule has 5 rings (SSSR count). The lowest BCUT2D eigenvalue weighted by atomic mass is 10.1. The van der Waals surface area contributed by atoms with Gasteiger partial charge in [0, 0.05) is 51.9 Å². The lowest BCUT2D eigenvalue weighted by Gasteiger charge is -2.44. The van der Waals surface area contributed by atoms with E-state index >= 15 is 0 Å². The summed E-state index contributed by atoms with van der Waals surface area (Å²) >= 11 is 0. The third-order valence-corrected chi connectivity index (χ3v) is 12.1. The summed E-state index contributed by atoms with van der Waals surface area (Å²) < 4.78 is 11.0. The normalized spacial score (nSPS) is 16.9. The van der Waals surface area contributed by atoms with Crippen molar-refractivity contribution < 1.29 is 0 Å². The molecule has 1 fully saturated rings. The molecule has 4 aromatic rings. The van der Waals surface area contributed by atoms with Crippen LogP contribution in [0.3, 0.4) is 0 Å². The Labute approximate surface area is 204 Å². The van der Waals surface area contributed by atoms with E-state index in [-0.39, 0.29) is 5.16 Å². The van der Waals surface area contributed by atoms with E-state index in [4.69, 9.17) is 4.74 Å². The third-order valence-electron chi connectivity index (χ3n) is 7.46. The van der Waals surface area contributed by atoms with Crippen molar-refractivity contribution in [3.05, 3.63) is 71.8 Å². The van der Waals surface area contributed by atoms with Crippen LogP contribution in [-0.2, 0) is 6.54 Å². The van der Waals surface area contributed by atoms with E-state index in [1.54, 1.807) is 0 Å². The van der Waals surface area contributed by atoms with Crippen molar-refractivity contribution in [1.29, 1.82) is 0 Å². The van der Waals surface area contributed by atoms with Crippen LogP contribution in [0.25, 0.3) is 21.8 Å². The molecular formula is C30H38N3P. The number of benzene rings is 3. The minimum absolute atomic E-state index is 0.0193. The molecule has 0 aliphatic carbocycles. The fourth-order valence-electron chi connectivity index (χ4n) is 5.89. The van der Waals surface area contributed by atoms with Crippen molar-refractivity contribution in [2.45, 2.75) is 66.1 Å². The minimum atomic E-state index is -2.08. The Hall–Kier alpha value is -2.35. The van der Waals surface area contributed by atoms with E-state index in [0.29, 0.717) is 0 Å². The van der Waals surface area contributed by atoms with E-state index in [1.165, 1.54) is 51.1 Å². The number of aromatic nitrogens is 1. The summed E-state index contributed by atoms with van der Waals surface area (Å²) in [6.07, 6.45) is 2.52. The monoisotopic (exact) mass is 471 g/mol. The maximum atomic E-state index is 5.80. The summed E-state index contributed by atoms with van der Waals surface area (Å²) in [5.74, 6) is 0. The van der Waals surface area contributed by atoms with E-state index in [0.717, 1.165) is 25.3 Å². The minimum Gasteiger partial charge on any atom is -0.341 e. The highest BCUT2D eigenvalue weighted by Crippen LogP contribution is 2.65. The Morgan fingerprint density at radius 1 is 0.853 bits per heavy atom. The van der Waals surface area contributed by atoms with E-state index in [1.807, 2.05) is 0 Å². The molecular weight excluding hydrogens is 433 g/mol. The Morgan fingerprint density at radius 3 is 2.24 bits per heavy atom. The average molecular weight is 472 g/mol. The van der Waals surface area contributed by atoms with Crippen molar-refractivity contribution in [2.24, 2.45) is 4.74 Å². The van der Waals surface area contributed by atoms with Gasteiger partial charge >= 0.3 is 0 Å². The summed E-state index contributed by atoms with van der Waals surface area (Å²) in [6.45, 7) is 17.1. The van der Waals surface area contributed by atoms with Crippen molar-refractivity contribution in [3.8, 4) is 0 Å². The number of rotatable bonds is 4. The molecule has 0 spiro atoms. The van der Waals surface area contributed by atoms with Gasteiger partial charge in [0.2, 0.25) is 0 Å². The van der Waals surface area contributed by atoms with Gasteiger partial charge in [-0.25, -0.2) is 4.74 Å². The van der Waals surface area contributed by atoms with Gasteiger partial charge in [-0.1, -0.05) is 56.7 Å². The highest BCUT2D eigenvalue weighted by Gasteiger charge is 2.42. The van der Waals surface area contributed by atoms with Crippen LogP contribution in [0.15, 0.2) is 65.4 Å². The first kappa shape index (κ1) is 23.4. The van der Waals surface area contributed by atoms with Crippen molar-refractivity contribution in [2.75, 3.05) is 13.1 Å². The van der Waals surface area contributed by atoms with Gasteiger partial charge in [0.05, 0.1) is 12.9 Å². The van der Waals surface area contributed by atoms with Crippen LogP contribution in [0.2, 0.25) is 0 Å². The van der Waals surface area contributed by atoms with E-state index in [9.17, 15) is 0 Å². The molecule has 178 valence electrons. The van der Waals surface area contributed by atoms with Gasteiger partial charge in [0.25, 0.3) is 0 Å². The van der Waals surface area contributed by atoms with Gasteiger partial charge in [-0.15, -0.1) is 0 Å². The summed E-state index contributed by atoms with van der Waals surface area (Å²) in [4.78, 5) is 0. The summed E-state index contributed by atoms with van der Waals surface area (Å²) in [5.41, 5.74) is 6.37. The second-order valence-electron chi connectivity index (χ2n) is 10.8. The van der Waals surface area contributed by atoms with Gasteiger partial charge < -0.3 is 4.57 Å². The largest absolute Gasteiger partial charge is 0.341 e. The van der Waals surface area contributed by atoms with Crippen LogP contribution in [0.5, 0.6) is 0 Å². The Kier molecular flexibility index (Phi) is 5.99. The maximum absolute atomic E-state index is 5.80. The Balaban J connectivity index is 1.87. The molecule has 2 heterocycles. The first-order valence-electron chi connectivity index (χ1n) is 12.7. The van der Waals surface area contributed by atoms with Crippen molar-refractivity contribution >= 4 is 40.0 Å². The van der Waals surface area contributed by atoms with Crippen LogP contribution < -0.4 is 5.30 Å².